The van der Waals surface area contributed by atoms with E-state index in [1.54, 1.807) is 0 Å². The van der Waals surface area contributed by atoms with Crippen molar-refractivity contribution in [3.05, 3.63) is 47.3 Å². The van der Waals surface area contributed by atoms with Gasteiger partial charge in [0.05, 0.1) is 22.5 Å². The van der Waals surface area contributed by atoms with Crippen molar-refractivity contribution in [3.63, 3.8) is 0 Å². The fraction of sp³-hybridized carbons (Fsp3) is 0.316. The second-order valence-corrected chi connectivity index (χ2v) is 6.37. The number of fused-ring (bicyclic) bond motifs is 1. The molecule has 0 saturated carbocycles. The highest BCUT2D eigenvalue weighted by Gasteiger charge is 2.18. The van der Waals surface area contributed by atoms with Crippen LogP contribution in [-0.2, 0) is 7.05 Å². The van der Waals surface area contributed by atoms with Crippen molar-refractivity contribution in [2.45, 2.75) is 33.7 Å². The number of aromatic nitrogens is 3. The third-order valence-electron chi connectivity index (χ3n) is 4.15. The maximum absolute atomic E-state index is 12.7. The zero-order valence-corrected chi connectivity index (χ0v) is 14.7. The Kier molecular flexibility index (Phi) is 4.09. The Bertz CT molecular complexity index is 925. The molecule has 2 heterocycles. The van der Waals surface area contributed by atoms with E-state index in [-0.39, 0.29) is 11.9 Å². The molecule has 3 aromatic rings. The molecular weight excluding hydrogens is 300 g/mol. The number of benzene rings is 1. The summed E-state index contributed by atoms with van der Waals surface area (Å²) in [4.78, 5) is 17.4. The van der Waals surface area contributed by atoms with Gasteiger partial charge in [-0.2, -0.15) is 5.10 Å². The highest BCUT2D eigenvalue weighted by Crippen LogP contribution is 2.29. The van der Waals surface area contributed by atoms with Crippen LogP contribution in [0.4, 0.5) is 0 Å². The van der Waals surface area contributed by atoms with Gasteiger partial charge in [-0.15, -0.1) is 0 Å². The first-order valence-corrected chi connectivity index (χ1v) is 8.09. The van der Waals surface area contributed by atoms with E-state index in [1.165, 1.54) is 0 Å². The summed E-state index contributed by atoms with van der Waals surface area (Å²) in [6.07, 6.45) is 0. The SMILES string of the molecule is Cc1nn(C)c(C)c1-c1cc(C(=O)NC(C)C)c2ccccc2n1. The van der Waals surface area contributed by atoms with Crippen molar-refractivity contribution in [3.8, 4) is 11.3 Å². The van der Waals surface area contributed by atoms with Gasteiger partial charge >= 0.3 is 0 Å². The number of nitrogens with zero attached hydrogens (tertiary/aromatic N) is 3. The minimum absolute atomic E-state index is 0.0785. The van der Waals surface area contributed by atoms with Crippen molar-refractivity contribution >= 4 is 16.8 Å². The van der Waals surface area contributed by atoms with Crippen LogP contribution in [0.15, 0.2) is 30.3 Å². The van der Waals surface area contributed by atoms with Gasteiger partial charge in [0.15, 0.2) is 0 Å². The average Bonchev–Trinajstić information content (AvgIpc) is 2.78. The van der Waals surface area contributed by atoms with E-state index in [9.17, 15) is 4.79 Å². The molecule has 24 heavy (non-hydrogen) atoms. The molecule has 0 spiro atoms. The molecule has 0 aliphatic heterocycles. The highest BCUT2D eigenvalue weighted by atomic mass is 16.1. The van der Waals surface area contributed by atoms with Gasteiger partial charge < -0.3 is 5.32 Å². The van der Waals surface area contributed by atoms with Gasteiger partial charge in [0.25, 0.3) is 5.91 Å². The lowest BCUT2D eigenvalue weighted by Crippen LogP contribution is -2.30. The lowest BCUT2D eigenvalue weighted by molar-refractivity contribution is 0.0945. The van der Waals surface area contributed by atoms with Crippen molar-refractivity contribution in [1.82, 2.24) is 20.1 Å². The summed E-state index contributed by atoms with van der Waals surface area (Å²) in [6, 6.07) is 9.69. The van der Waals surface area contributed by atoms with Crippen molar-refractivity contribution in [1.29, 1.82) is 0 Å². The molecule has 0 aliphatic rings. The highest BCUT2D eigenvalue weighted by molar-refractivity contribution is 6.07. The molecule has 1 aromatic carbocycles. The second-order valence-electron chi connectivity index (χ2n) is 6.37. The number of amides is 1. The second kappa shape index (κ2) is 6.07. The van der Waals surface area contributed by atoms with Gasteiger partial charge in [-0.1, -0.05) is 18.2 Å². The fourth-order valence-electron chi connectivity index (χ4n) is 2.98. The largest absolute Gasteiger partial charge is 0.350 e. The smallest absolute Gasteiger partial charge is 0.252 e. The topological polar surface area (TPSA) is 59.8 Å². The molecule has 0 fully saturated rings. The van der Waals surface area contributed by atoms with E-state index in [1.807, 2.05) is 69.8 Å². The molecule has 3 rings (SSSR count). The number of aryl methyl sites for hydroxylation is 2. The number of pyridine rings is 1. The van der Waals surface area contributed by atoms with E-state index < -0.39 is 0 Å². The van der Waals surface area contributed by atoms with Crippen LogP contribution in [0.3, 0.4) is 0 Å². The molecule has 1 amide bonds. The number of hydrogen-bond donors (Lipinski definition) is 1. The third kappa shape index (κ3) is 2.77. The van der Waals surface area contributed by atoms with Crippen molar-refractivity contribution in [2.24, 2.45) is 7.05 Å². The van der Waals surface area contributed by atoms with Gasteiger partial charge in [0, 0.05) is 29.7 Å². The summed E-state index contributed by atoms with van der Waals surface area (Å²) >= 11 is 0. The first-order valence-electron chi connectivity index (χ1n) is 8.09. The van der Waals surface area contributed by atoms with Gasteiger partial charge in [0.2, 0.25) is 0 Å². The molecule has 0 bridgehead atoms. The maximum atomic E-state index is 12.7. The van der Waals surface area contributed by atoms with E-state index >= 15 is 0 Å². The maximum Gasteiger partial charge on any atom is 0.252 e. The quantitative estimate of drug-likeness (QED) is 0.804. The number of carbonyl (C=O) groups is 1. The monoisotopic (exact) mass is 322 g/mol. The number of carbonyl (C=O) groups excluding carboxylic acids is 1. The number of para-hydroxylation sites is 1. The number of hydrogen-bond acceptors (Lipinski definition) is 3. The minimum Gasteiger partial charge on any atom is -0.350 e. The van der Waals surface area contributed by atoms with Gasteiger partial charge in [-0.05, 0) is 39.8 Å². The van der Waals surface area contributed by atoms with Gasteiger partial charge in [-0.3, -0.25) is 9.48 Å². The van der Waals surface area contributed by atoms with Crippen LogP contribution in [-0.4, -0.2) is 26.7 Å². The minimum atomic E-state index is -0.0796. The summed E-state index contributed by atoms with van der Waals surface area (Å²) in [5.74, 6) is -0.0796. The van der Waals surface area contributed by atoms with Crippen LogP contribution in [0.25, 0.3) is 22.2 Å². The molecule has 0 atom stereocenters. The molecule has 124 valence electrons. The Labute approximate surface area is 141 Å². The summed E-state index contributed by atoms with van der Waals surface area (Å²) in [5, 5.41) is 8.30. The molecular formula is C19H22N4O. The van der Waals surface area contributed by atoms with E-state index in [0.29, 0.717) is 5.56 Å². The van der Waals surface area contributed by atoms with Crippen LogP contribution < -0.4 is 5.32 Å². The van der Waals surface area contributed by atoms with Crippen LogP contribution in [0, 0.1) is 13.8 Å². The Morgan fingerprint density at radius 3 is 2.54 bits per heavy atom. The Balaban J connectivity index is 2.26. The van der Waals surface area contributed by atoms with Crippen molar-refractivity contribution in [2.75, 3.05) is 0 Å². The summed E-state index contributed by atoms with van der Waals surface area (Å²) in [5.41, 5.74) is 5.17. The summed E-state index contributed by atoms with van der Waals surface area (Å²) < 4.78 is 1.84. The first-order chi connectivity index (χ1) is 11.4. The van der Waals surface area contributed by atoms with E-state index in [2.05, 4.69) is 10.4 Å². The van der Waals surface area contributed by atoms with Crippen LogP contribution in [0.2, 0.25) is 0 Å². The predicted octanol–water partition coefficient (Wildman–Crippen LogP) is 3.39. The summed E-state index contributed by atoms with van der Waals surface area (Å²) in [6.45, 7) is 7.89. The molecule has 0 aliphatic carbocycles. The third-order valence-corrected chi connectivity index (χ3v) is 4.15. The zero-order valence-electron chi connectivity index (χ0n) is 14.7. The Morgan fingerprint density at radius 2 is 1.92 bits per heavy atom. The fourth-order valence-corrected chi connectivity index (χ4v) is 2.98. The molecule has 5 nitrogen and oxygen atoms in total. The van der Waals surface area contributed by atoms with E-state index in [4.69, 9.17) is 4.98 Å². The molecule has 5 heteroatoms. The lowest BCUT2D eigenvalue weighted by atomic mass is 10.0. The predicted molar refractivity (Wildman–Crippen MR) is 96.0 cm³/mol. The Morgan fingerprint density at radius 1 is 1.21 bits per heavy atom. The molecule has 0 saturated heterocycles. The molecule has 0 unspecified atom stereocenters. The normalized spacial score (nSPS) is 11.2. The zero-order chi connectivity index (χ0) is 17.4. The van der Waals surface area contributed by atoms with Crippen molar-refractivity contribution < 1.29 is 4.79 Å². The van der Waals surface area contributed by atoms with Gasteiger partial charge in [-0.25, -0.2) is 4.98 Å². The van der Waals surface area contributed by atoms with E-state index in [0.717, 1.165) is 33.5 Å². The van der Waals surface area contributed by atoms with Crippen LogP contribution in [0.1, 0.15) is 35.6 Å². The standard InChI is InChI=1S/C19H22N4O/c1-11(2)20-19(24)15-10-17(18-12(3)22-23(5)13(18)4)21-16-9-7-6-8-14(15)16/h6-11H,1-5H3,(H,20,24). The average molecular weight is 322 g/mol. The molecule has 1 N–H and O–H groups in total. The van der Waals surface area contributed by atoms with Crippen LogP contribution >= 0.6 is 0 Å². The molecule has 0 radical (unpaired) electrons. The first kappa shape index (κ1) is 16.2. The van der Waals surface area contributed by atoms with Gasteiger partial charge in [0.1, 0.15) is 0 Å². The lowest BCUT2D eigenvalue weighted by Gasteiger charge is -2.12. The Hall–Kier alpha value is -2.69. The molecule has 2 aromatic heterocycles. The summed E-state index contributed by atoms with van der Waals surface area (Å²) in [7, 11) is 1.92. The van der Waals surface area contributed by atoms with Crippen LogP contribution in [0.5, 0.6) is 0 Å². The number of rotatable bonds is 3. The number of nitrogens with one attached hydrogen (secondary N) is 1.